The molecule has 0 atom stereocenters. The molecule has 0 heterocycles. The van der Waals surface area contributed by atoms with Crippen LogP contribution in [0.3, 0.4) is 0 Å². The number of halogens is 1. The summed E-state index contributed by atoms with van der Waals surface area (Å²) in [5.74, 6) is 0. The molecule has 64 valence electrons. The van der Waals surface area contributed by atoms with Crippen molar-refractivity contribution in [1.82, 2.24) is 0 Å². The zero-order valence-electron chi connectivity index (χ0n) is 7.84. The van der Waals surface area contributed by atoms with Gasteiger partial charge in [0.05, 0.1) is 0 Å². The van der Waals surface area contributed by atoms with Crippen LogP contribution in [0.15, 0.2) is 24.3 Å². The Hall–Kier alpha value is 0.466. The maximum atomic E-state index is 3.49. The van der Waals surface area contributed by atoms with Crippen molar-refractivity contribution in [1.29, 1.82) is 0 Å². The van der Waals surface area contributed by atoms with Crippen LogP contribution < -0.4 is 0 Å². The summed E-state index contributed by atoms with van der Waals surface area (Å²) < 4.78 is 0. The second-order valence-corrected chi connectivity index (χ2v) is 2.08. The van der Waals surface area contributed by atoms with Crippen LogP contribution in [0.1, 0.15) is 18.9 Å². The van der Waals surface area contributed by atoms with Gasteiger partial charge in [0.1, 0.15) is 0 Å². The fourth-order valence-corrected chi connectivity index (χ4v) is 0.470. The van der Waals surface area contributed by atoms with E-state index in [-0.39, 0.29) is 40.0 Å². The molecule has 0 fully saturated rings. The fraction of sp³-hybridized carbons (Fsp3) is 0.300. The number of rotatable bonds is 0. The maximum Gasteiger partial charge on any atom is 2.00 e. The Bertz CT molecular complexity index is 151. The van der Waals surface area contributed by atoms with Gasteiger partial charge in [-0.3, -0.25) is 0 Å². The minimum atomic E-state index is 0. The van der Waals surface area contributed by atoms with Crippen molar-refractivity contribution < 1.29 is 0 Å². The van der Waals surface area contributed by atoms with Gasteiger partial charge in [-0.25, -0.2) is 0 Å². The Balaban J connectivity index is -0.000000146. The molecule has 0 spiro atoms. The van der Waals surface area contributed by atoms with Gasteiger partial charge in [0.25, 0.3) is 0 Å². The van der Waals surface area contributed by atoms with Gasteiger partial charge < -0.3 is 6.92 Å². The SMILES string of the molecule is Br.Cc1cc[c-]cc1.[CH2-]CC.[Mg+2]. The first kappa shape index (κ1) is 18.3. The van der Waals surface area contributed by atoms with Crippen molar-refractivity contribution in [3.05, 3.63) is 42.8 Å². The average Bonchev–Trinajstić information content (AvgIpc) is 1.91. The molecule has 0 nitrogen and oxygen atoms in total. The second kappa shape index (κ2) is 14.0. The molecular formula is C10H15BrMg. The molecule has 0 radical (unpaired) electrons. The molecule has 1 aromatic carbocycles. The van der Waals surface area contributed by atoms with Gasteiger partial charge >= 0.3 is 23.1 Å². The first-order valence-electron chi connectivity index (χ1n) is 3.53. The van der Waals surface area contributed by atoms with Crippen molar-refractivity contribution in [2.75, 3.05) is 0 Å². The Morgan fingerprint density at radius 1 is 1.33 bits per heavy atom. The summed E-state index contributed by atoms with van der Waals surface area (Å²) in [4.78, 5) is 0. The van der Waals surface area contributed by atoms with Gasteiger partial charge in [-0.1, -0.05) is 13.8 Å². The van der Waals surface area contributed by atoms with Crippen LogP contribution in [0.2, 0.25) is 0 Å². The molecule has 0 aliphatic heterocycles. The Morgan fingerprint density at radius 2 is 1.67 bits per heavy atom. The Morgan fingerprint density at radius 3 is 1.83 bits per heavy atom. The van der Waals surface area contributed by atoms with Gasteiger partial charge in [0.2, 0.25) is 0 Å². The number of aryl methyl sites for hydroxylation is 1. The molecule has 0 unspecified atom stereocenters. The van der Waals surface area contributed by atoms with Crippen molar-refractivity contribution in [2.24, 2.45) is 0 Å². The number of hydrogen-bond acceptors (Lipinski definition) is 0. The minimum absolute atomic E-state index is 0. The summed E-state index contributed by atoms with van der Waals surface area (Å²) >= 11 is 0. The smallest absolute Gasteiger partial charge is 0.344 e. The number of benzene rings is 1. The van der Waals surface area contributed by atoms with Crippen molar-refractivity contribution in [3.8, 4) is 0 Å². The molecule has 0 bridgehead atoms. The summed E-state index contributed by atoms with van der Waals surface area (Å²) in [5, 5.41) is 0. The van der Waals surface area contributed by atoms with Crippen LogP contribution in [-0.2, 0) is 0 Å². The van der Waals surface area contributed by atoms with Crippen molar-refractivity contribution in [3.63, 3.8) is 0 Å². The fourth-order valence-electron chi connectivity index (χ4n) is 0.470. The number of hydrogen-bond donors (Lipinski definition) is 0. The van der Waals surface area contributed by atoms with E-state index in [1.807, 2.05) is 31.2 Å². The van der Waals surface area contributed by atoms with Crippen LogP contribution in [-0.4, -0.2) is 23.1 Å². The van der Waals surface area contributed by atoms with E-state index in [0.29, 0.717) is 0 Å². The zero-order valence-corrected chi connectivity index (χ0v) is 11.0. The van der Waals surface area contributed by atoms with Gasteiger partial charge in [-0.05, 0) is 0 Å². The van der Waals surface area contributed by atoms with Gasteiger partial charge in [0, 0.05) is 0 Å². The molecule has 0 amide bonds. The van der Waals surface area contributed by atoms with E-state index in [2.05, 4.69) is 19.9 Å². The molecular weight excluding hydrogens is 224 g/mol. The standard InChI is InChI=1S/C7H7.C3H7.BrH.Mg/c1-7-5-3-2-4-6-7;1-3-2;;/h3-6H,1H3;1,3H2,2H3;1H;/q2*-1;;+2. The molecule has 2 heteroatoms. The van der Waals surface area contributed by atoms with E-state index in [4.69, 9.17) is 0 Å². The predicted molar refractivity (Wildman–Crippen MR) is 61.7 cm³/mol. The molecule has 1 aromatic rings. The third kappa shape index (κ3) is 13.1. The molecule has 1 rings (SSSR count). The van der Waals surface area contributed by atoms with Crippen LogP contribution in [0.25, 0.3) is 0 Å². The Kier molecular flexibility index (Phi) is 21.4. The van der Waals surface area contributed by atoms with E-state index < -0.39 is 0 Å². The molecule has 0 aromatic heterocycles. The van der Waals surface area contributed by atoms with Crippen molar-refractivity contribution in [2.45, 2.75) is 20.3 Å². The second-order valence-electron chi connectivity index (χ2n) is 2.08. The predicted octanol–water partition coefficient (Wildman–Crippen LogP) is 3.22. The average molecular weight is 239 g/mol. The summed E-state index contributed by atoms with van der Waals surface area (Å²) in [6.07, 6.45) is 1.00. The van der Waals surface area contributed by atoms with Crippen LogP contribution >= 0.6 is 17.0 Å². The van der Waals surface area contributed by atoms with Gasteiger partial charge in [-0.2, -0.15) is 42.3 Å². The maximum absolute atomic E-state index is 3.49. The van der Waals surface area contributed by atoms with Gasteiger partial charge in [0.15, 0.2) is 0 Å². The molecule has 12 heavy (non-hydrogen) atoms. The van der Waals surface area contributed by atoms with Crippen molar-refractivity contribution >= 4 is 40.0 Å². The first-order chi connectivity index (χ1) is 4.81. The monoisotopic (exact) mass is 238 g/mol. The molecule has 0 N–H and O–H groups in total. The molecule has 0 aliphatic carbocycles. The summed E-state index contributed by atoms with van der Waals surface area (Å²) in [5.41, 5.74) is 1.29. The molecule has 0 aliphatic rings. The summed E-state index contributed by atoms with van der Waals surface area (Å²) in [6.45, 7) is 7.56. The Labute approximate surface area is 103 Å². The van der Waals surface area contributed by atoms with E-state index in [9.17, 15) is 0 Å². The van der Waals surface area contributed by atoms with Crippen LogP contribution in [0.4, 0.5) is 0 Å². The minimum Gasteiger partial charge on any atom is -0.344 e. The molecule has 0 saturated heterocycles. The van der Waals surface area contributed by atoms with Gasteiger partial charge in [-0.15, -0.1) is 17.0 Å². The third-order valence-electron chi connectivity index (χ3n) is 0.885. The molecule has 0 saturated carbocycles. The van der Waals surface area contributed by atoms with E-state index in [1.54, 1.807) is 0 Å². The third-order valence-corrected chi connectivity index (χ3v) is 0.885. The van der Waals surface area contributed by atoms with E-state index in [0.717, 1.165) is 6.42 Å². The first-order valence-corrected chi connectivity index (χ1v) is 3.53. The quantitative estimate of drug-likeness (QED) is 0.482. The largest absolute Gasteiger partial charge is 2.00 e. The summed E-state index contributed by atoms with van der Waals surface area (Å²) in [7, 11) is 0. The van der Waals surface area contributed by atoms with Crippen LogP contribution in [0.5, 0.6) is 0 Å². The topological polar surface area (TPSA) is 0 Å². The zero-order chi connectivity index (χ0) is 7.82. The van der Waals surface area contributed by atoms with E-state index >= 15 is 0 Å². The van der Waals surface area contributed by atoms with E-state index in [1.165, 1.54) is 5.56 Å². The normalized spacial score (nSPS) is 6.58. The van der Waals surface area contributed by atoms with Crippen LogP contribution in [0, 0.1) is 19.9 Å². The summed E-state index contributed by atoms with van der Waals surface area (Å²) in [6, 6.07) is 10.8.